The molecule has 1 unspecified atom stereocenters. The van der Waals surface area contributed by atoms with Crippen LogP contribution in [0.3, 0.4) is 0 Å². The van der Waals surface area contributed by atoms with E-state index in [0.717, 1.165) is 30.0 Å². The minimum Gasteiger partial charge on any atom is -0.388 e. The number of benzene rings is 1. The van der Waals surface area contributed by atoms with Crippen molar-refractivity contribution in [2.45, 2.75) is 94.9 Å². The van der Waals surface area contributed by atoms with E-state index in [4.69, 9.17) is 18.9 Å². The lowest BCUT2D eigenvalue weighted by Gasteiger charge is -2.32. The minimum atomic E-state index is -2.98. The number of aromatic nitrogens is 5. The van der Waals surface area contributed by atoms with Crippen molar-refractivity contribution < 1.29 is 47.2 Å². The molecule has 3 N–H and O–H groups in total. The monoisotopic (exact) mass is 882 g/mol. The van der Waals surface area contributed by atoms with Gasteiger partial charge in [-0.05, 0) is 82.1 Å². The summed E-state index contributed by atoms with van der Waals surface area (Å²) in [5.41, 5.74) is -0.433. The zero-order valence-corrected chi connectivity index (χ0v) is 35.7. The lowest BCUT2D eigenvalue weighted by Crippen LogP contribution is -2.44. The van der Waals surface area contributed by atoms with Gasteiger partial charge in [0.2, 0.25) is 23.7 Å². The van der Waals surface area contributed by atoms with E-state index in [9.17, 15) is 37.9 Å². The Hall–Kier alpha value is -5.15. The number of aliphatic hydroxyl groups is 1. The molecule has 20 heteroatoms. The molecule has 0 radical (unpaired) electrons. The number of carbonyl (C=O) groups excluding carboxylic acids is 3. The third-order valence-electron chi connectivity index (χ3n) is 12.2. The summed E-state index contributed by atoms with van der Waals surface area (Å²) in [6.07, 6.45) is 3.21. The standard InChI is InChI=1S/C43H56F2N8O10/c1-43(59)13-3-6-34(43)53-38-28(24-30(37(44)45)40(53)57)25-46-41(49-38)47-29-11-14-51(15-12-29)36(55)26-63-22-21-62-20-19-61-18-17-60-16-4-5-27-7-8-31-33(23-27)50(2)42(58)52(31)32-9-10-35(54)48-39(32)56/h7-8,23-25,29,32,34,37,59H,3-6,9-22,26H2,1-2H3,(H,46,47,49)(H,48,54,56)/t32?,34-,43-/m1/s1. The third kappa shape index (κ3) is 10.8. The van der Waals surface area contributed by atoms with Gasteiger partial charge >= 0.3 is 5.69 Å². The number of amides is 3. The fourth-order valence-corrected chi connectivity index (χ4v) is 8.73. The van der Waals surface area contributed by atoms with Crippen LogP contribution >= 0.6 is 0 Å². The fourth-order valence-electron chi connectivity index (χ4n) is 8.73. The Bertz CT molecular complexity index is 2390. The highest BCUT2D eigenvalue weighted by Gasteiger charge is 2.40. The Balaban J connectivity index is 0.728. The average Bonchev–Trinajstić information content (AvgIpc) is 3.73. The molecule has 2 aliphatic heterocycles. The third-order valence-corrected chi connectivity index (χ3v) is 12.2. The second-order valence-corrected chi connectivity index (χ2v) is 16.6. The first-order valence-corrected chi connectivity index (χ1v) is 21.6. The number of piperidine rings is 2. The van der Waals surface area contributed by atoms with Gasteiger partial charge in [-0.2, -0.15) is 4.98 Å². The van der Waals surface area contributed by atoms with E-state index in [1.165, 1.54) is 19.9 Å². The Morgan fingerprint density at radius 3 is 2.30 bits per heavy atom. The molecule has 1 saturated carbocycles. The molecule has 1 aliphatic carbocycles. The van der Waals surface area contributed by atoms with E-state index in [1.54, 1.807) is 18.9 Å². The number of imidazole rings is 1. The number of alkyl halides is 2. The molecule has 3 amide bonds. The van der Waals surface area contributed by atoms with Crippen molar-refractivity contribution in [3.63, 3.8) is 0 Å². The molecular formula is C43H56F2N8O10. The second kappa shape index (κ2) is 20.6. The first-order chi connectivity index (χ1) is 30.3. The summed E-state index contributed by atoms with van der Waals surface area (Å²) < 4.78 is 54.2. The fraction of sp³-hybridized carbons (Fsp3) is 0.605. The van der Waals surface area contributed by atoms with Crippen LogP contribution in [0.1, 0.15) is 87.9 Å². The van der Waals surface area contributed by atoms with Gasteiger partial charge in [0.1, 0.15) is 18.3 Å². The van der Waals surface area contributed by atoms with Crippen molar-refractivity contribution >= 4 is 45.7 Å². The highest BCUT2D eigenvalue weighted by atomic mass is 19.3. The number of anilines is 1. The summed E-state index contributed by atoms with van der Waals surface area (Å²) in [6, 6.07) is 5.39. The predicted molar refractivity (Wildman–Crippen MR) is 226 cm³/mol. The normalized spacial score (nSPS) is 21.0. The number of rotatable bonds is 20. The summed E-state index contributed by atoms with van der Waals surface area (Å²) in [6.45, 7) is 5.20. The van der Waals surface area contributed by atoms with Crippen LogP contribution in [0.2, 0.25) is 0 Å². The van der Waals surface area contributed by atoms with Crippen LogP contribution in [0.4, 0.5) is 14.7 Å². The number of nitrogens with one attached hydrogen (secondary N) is 2. The first kappa shape index (κ1) is 45.9. The number of likely N-dealkylation sites (tertiary alicyclic amines) is 1. The zero-order chi connectivity index (χ0) is 44.7. The molecule has 18 nitrogen and oxygen atoms in total. The number of nitrogens with zero attached hydrogens (tertiary/aromatic N) is 6. The van der Waals surface area contributed by atoms with E-state index in [0.29, 0.717) is 90.4 Å². The molecule has 3 fully saturated rings. The van der Waals surface area contributed by atoms with Gasteiger partial charge in [-0.1, -0.05) is 6.07 Å². The van der Waals surface area contributed by atoms with E-state index in [-0.39, 0.29) is 66.6 Å². The van der Waals surface area contributed by atoms with Gasteiger partial charge in [-0.15, -0.1) is 0 Å². The van der Waals surface area contributed by atoms with Gasteiger partial charge in [0.15, 0.2) is 0 Å². The van der Waals surface area contributed by atoms with E-state index >= 15 is 0 Å². The molecule has 63 heavy (non-hydrogen) atoms. The maximum Gasteiger partial charge on any atom is 0.329 e. The van der Waals surface area contributed by atoms with Crippen molar-refractivity contribution in [2.75, 3.05) is 71.3 Å². The molecule has 342 valence electrons. The van der Waals surface area contributed by atoms with Crippen LogP contribution in [0, 0.1) is 0 Å². The van der Waals surface area contributed by atoms with E-state index in [1.807, 2.05) is 18.2 Å². The van der Waals surface area contributed by atoms with Gasteiger partial charge in [0, 0.05) is 50.8 Å². The van der Waals surface area contributed by atoms with E-state index < -0.39 is 41.1 Å². The molecule has 3 aliphatic rings. The number of halogens is 2. The van der Waals surface area contributed by atoms with Crippen LogP contribution in [0.25, 0.3) is 22.1 Å². The maximum absolute atomic E-state index is 13.8. The van der Waals surface area contributed by atoms with Gasteiger partial charge < -0.3 is 34.3 Å². The molecule has 1 aromatic carbocycles. The lowest BCUT2D eigenvalue weighted by molar-refractivity contribution is -0.138. The number of carbonyl (C=O) groups is 3. The van der Waals surface area contributed by atoms with Crippen LogP contribution in [-0.4, -0.2) is 129 Å². The van der Waals surface area contributed by atoms with Crippen LogP contribution in [0.5, 0.6) is 0 Å². The highest BCUT2D eigenvalue weighted by Crippen LogP contribution is 2.40. The summed E-state index contributed by atoms with van der Waals surface area (Å²) in [7, 11) is 1.68. The van der Waals surface area contributed by atoms with Crippen molar-refractivity contribution in [1.29, 1.82) is 0 Å². The smallest absolute Gasteiger partial charge is 0.329 e. The number of ether oxygens (including phenoxy) is 4. The minimum absolute atomic E-state index is 0.0624. The van der Waals surface area contributed by atoms with Gasteiger partial charge in [-0.3, -0.25) is 38.2 Å². The quantitative estimate of drug-likeness (QED) is 0.0863. The molecule has 5 heterocycles. The molecular weight excluding hydrogens is 827 g/mol. The van der Waals surface area contributed by atoms with Gasteiger partial charge in [0.05, 0.1) is 67.9 Å². The highest BCUT2D eigenvalue weighted by molar-refractivity contribution is 6.00. The Morgan fingerprint density at radius 1 is 0.937 bits per heavy atom. The SMILES string of the molecule is Cn1c(=O)n(C2CCC(=O)NC2=O)c2ccc(CCCOCCOCCOCCOCC(=O)N3CCC(Nc4ncc5cc(C(F)F)c(=O)n([C@@H]6CCC[C@@]6(C)O)c5n4)CC3)cc21. The summed E-state index contributed by atoms with van der Waals surface area (Å²) >= 11 is 0. The van der Waals surface area contributed by atoms with E-state index in [2.05, 4.69) is 20.6 Å². The number of imide groups is 1. The van der Waals surface area contributed by atoms with Crippen molar-refractivity contribution in [1.82, 2.24) is 33.9 Å². The summed E-state index contributed by atoms with van der Waals surface area (Å²) in [4.78, 5) is 73.6. The number of pyridine rings is 1. The van der Waals surface area contributed by atoms with Gasteiger partial charge in [-0.25, -0.2) is 18.6 Å². The van der Waals surface area contributed by atoms with Gasteiger partial charge in [0.25, 0.3) is 12.0 Å². The molecule has 0 bridgehead atoms. The van der Waals surface area contributed by atoms with Crippen LogP contribution < -0.4 is 21.9 Å². The lowest BCUT2D eigenvalue weighted by atomic mass is 9.99. The number of hydrogen-bond donors (Lipinski definition) is 3. The molecule has 2 saturated heterocycles. The molecule has 3 aromatic heterocycles. The number of hydrogen-bond acceptors (Lipinski definition) is 13. The van der Waals surface area contributed by atoms with Crippen molar-refractivity contribution in [3.8, 4) is 0 Å². The predicted octanol–water partition coefficient (Wildman–Crippen LogP) is 2.94. The van der Waals surface area contributed by atoms with Crippen LogP contribution in [0.15, 0.2) is 40.1 Å². The second-order valence-electron chi connectivity index (χ2n) is 16.6. The van der Waals surface area contributed by atoms with Crippen molar-refractivity contribution in [3.05, 3.63) is 62.4 Å². The maximum atomic E-state index is 13.8. The Morgan fingerprint density at radius 2 is 1.63 bits per heavy atom. The van der Waals surface area contributed by atoms with Crippen molar-refractivity contribution in [2.24, 2.45) is 7.05 Å². The Labute approximate surface area is 361 Å². The largest absolute Gasteiger partial charge is 0.388 e. The molecule has 7 rings (SSSR count). The molecule has 3 atom stereocenters. The zero-order valence-electron chi connectivity index (χ0n) is 35.7. The first-order valence-electron chi connectivity index (χ1n) is 21.6. The number of aryl methyl sites for hydroxylation is 2. The topological polar surface area (TPSA) is 210 Å². The number of fused-ring (bicyclic) bond motifs is 2. The van der Waals surface area contributed by atoms with Crippen LogP contribution in [-0.2, 0) is 46.8 Å². The Kier molecular flexibility index (Phi) is 15.0. The average molecular weight is 883 g/mol. The summed E-state index contributed by atoms with van der Waals surface area (Å²) in [5, 5.41) is 16.9. The summed E-state index contributed by atoms with van der Waals surface area (Å²) in [5.74, 6) is -0.673. The molecule has 4 aromatic rings. The molecule has 0 spiro atoms.